The molecular formula is C35H49N5O8S. The number of nitrogens with zero attached hydrogens (tertiary/aromatic N) is 3. The second kappa shape index (κ2) is 16.9. The second-order valence-electron chi connectivity index (χ2n) is 13.5. The number of benzene rings is 1. The number of unbranched alkanes of at least 4 members (excludes halogenated alkanes) is 1. The summed E-state index contributed by atoms with van der Waals surface area (Å²) in [6.07, 6.45) is 9.92. The standard InChI is InChI=1S/C35H49N5O8S/c1-49(45,46)38-28(17-16-24-11-3-4-12-24)34(43)40-23-26(47-35(44)39-19-9-2-10-20-39)22-29(40)30(41)21-25(13-7-8-18-36)32(42)33-37-27-14-5-6-15-31(27)48-33/h5-6,14-16,25-26,28-29,38H,2-4,7-13,17-23,36H2,1H3/t25-,26-,28-,29+/m1/s1. The van der Waals surface area contributed by atoms with Crippen LogP contribution in [0.4, 0.5) is 4.79 Å². The van der Waals surface area contributed by atoms with Crippen LogP contribution in [0.15, 0.2) is 40.3 Å². The fourth-order valence-corrected chi connectivity index (χ4v) is 7.81. The lowest BCUT2D eigenvalue weighted by atomic mass is 9.89. The minimum absolute atomic E-state index is 0.0451. The third kappa shape index (κ3) is 9.98. The highest BCUT2D eigenvalue weighted by Gasteiger charge is 2.44. The minimum Gasteiger partial charge on any atom is -0.444 e. The van der Waals surface area contributed by atoms with Crippen molar-refractivity contribution in [3.05, 3.63) is 41.8 Å². The molecule has 2 aromatic rings. The zero-order chi connectivity index (χ0) is 35.0. The van der Waals surface area contributed by atoms with Crippen molar-refractivity contribution in [1.29, 1.82) is 0 Å². The molecule has 1 saturated carbocycles. The van der Waals surface area contributed by atoms with Crippen LogP contribution in [-0.2, 0) is 24.3 Å². The highest BCUT2D eigenvalue weighted by atomic mass is 32.2. The molecule has 3 N–H and O–H groups in total. The van der Waals surface area contributed by atoms with Crippen molar-refractivity contribution in [1.82, 2.24) is 19.5 Å². The number of para-hydroxylation sites is 2. The summed E-state index contributed by atoms with van der Waals surface area (Å²) in [5.74, 6) is -2.22. The lowest BCUT2D eigenvalue weighted by Gasteiger charge is -2.29. The van der Waals surface area contributed by atoms with Gasteiger partial charge in [0.05, 0.1) is 18.8 Å². The molecule has 0 unspecified atom stereocenters. The summed E-state index contributed by atoms with van der Waals surface area (Å²) in [6.45, 7) is 1.52. The number of allylic oxidation sites excluding steroid dienone is 1. The Balaban J connectivity index is 1.39. The Labute approximate surface area is 288 Å². The Morgan fingerprint density at radius 2 is 1.82 bits per heavy atom. The van der Waals surface area contributed by atoms with Crippen LogP contribution in [0.2, 0.25) is 0 Å². The largest absolute Gasteiger partial charge is 0.444 e. The normalized spacial score (nSPS) is 21.1. The number of likely N-dealkylation sites (tertiary alicyclic amines) is 2. The van der Waals surface area contributed by atoms with Crippen LogP contribution in [0, 0.1) is 5.92 Å². The summed E-state index contributed by atoms with van der Waals surface area (Å²) in [7, 11) is -3.79. The molecular weight excluding hydrogens is 650 g/mol. The number of fused-ring (bicyclic) bond motifs is 1. The molecule has 13 nitrogen and oxygen atoms in total. The van der Waals surface area contributed by atoms with Crippen LogP contribution >= 0.6 is 0 Å². The molecule has 2 aliphatic heterocycles. The van der Waals surface area contributed by atoms with E-state index in [2.05, 4.69) is 9.71 Å². The van der Waals surface area contributed by atoms with E-state index in [0.29, 0.717) is 50.0 Å². The Morgan fingerprint density at radius 1 is 1.08 bits per heavy atom. The van der Waals surface area contributed by atoms with Gasteiger partial charge in [0.25, 0.3) is 5.89 Å². The molecule has 14 heteroatoms. The van der Waals surface area contributed by atoms with Crippen LogP contribution in [-0.4, -0.2) is 97.4 Å². The third-order valence-corrected chi connectivity index (χ3v) is 10.4. The first-order valence-corrected chi connectivity index (χ1v) is 19.5. The lowest BCUT2D eigenvalue weighted by molar-refractivity contribution is -0.139. The number of amides is 2. The Hall–Kier alpha value is -3.62. The molecule has 2 saturated heterocycles. The van der Waals surface area contributed by atoms with Crippen LogP contribution < -0.4 is 10.5 Å². The molecule has 0 radical (unpaired) electrons. The first-order valence-electron chi connectivity index (χ1n) is 17.6. The molecule has 2 amide bonds. The average molecular weight is 700 g/mol. The van der Waals surface area contributed by atoms with E-state index in [1.54, 1.807) is 29.2 Å². The molecule has 5 rings (SSSR count). The molecule has 0 spiro atoms. The number of ketones is 2. The van der Waals surface area contributed by atoms with Crippen molar-refractivity contribution < 1.29 is 36.7 Å². The van der Waals surface area contributed by atoms with Gasteiger partial charge in [-0.05, 0) is 82.9 Å². The summed E-state index contributed by atoms with van der Waals surface area (Å²) in [5, 5.41) is 0. The van der Waals surface area contributed by atoms with E-state index in [4.69, 9.17) is 14.9 Å². The van der Waals surface area contributed by atoms with Gasteiger partial charge in [0.2, 0.25) is 21.7 Å². The zero-order valence-corrected chi connectivity index (χ0v) is 29.1. The highest BCUT2D eigenvalue weighted by molar-refractivity contribution is 7.88. The van der Waals surface area contributed by atoms with Gasteiger partial charge in [-0.15, -0.1) is 0 Å². The van der Waals surface area contributed by atoms with Crippen molar-refractivity contribution in [2.45, 2.75) is 102 Å². The fraction of sp³-hybridized carbons (Fsp3) is 0.629. The van der Waals surface area contributed by atoms with Gasteiger partial charge in [-0.3, -0.25) is 14.4 Å². The predicted octanol–water partition coefficient (Wildman–Crippen LogP) is 4.12. The quantitative estimate of drug-likeness (QED) is 0.156. The molecule has 1 aliphatic carbocycles. The number of carbonyl (C=O) groups is 4. The summed E-state index contributed by atoms with van der Waals surface area (Å²) >= 11 is 0. The van der Waals surface area contributed by atoms with Gasteiger partial charge in [0.15, 0.2) is 11.4 Å². The number of sulfonamides is 1. The number of piperidine rings is 1. The summed E-state index contributed by atoms with van der Waals surface area (Å²) in [5.41, 5.74) is 7.89. The average Bonchev–Trinajstić information content (AvgIpc) is 3.86. The van der Waals surface area contributed by atoms with Crippen molar-refractivity contribution in [2.75, 3.05) is 32.4 Å². The number of hydrogen-bond donors (Lipinski definition) is 2. The number of rotatable bonds is 15. The monoisotopic (exact) mass is 699 g/mol. The van der Waals surface area contributed by atoms with Gasteiger partial charge in [-0.2, -0.15) is 0 Å². The minimum atomic E-state index is -3.79. The molecule has 3 heterocycles. The molecule has 49 heavy (non-hydrogen) atoms. The highest BCUT2D eigenvalue weighted by Crippen LogP contribution is 2.30. The molecule has 4 atom stereocenters. The maximum Gasteiger partial charge on any atom is 0.410 e. The smallest absolute Gasteiger partial charge is 0.410 e. The fourth-order valence-electron chi connectivity index (χ4n) is 7.09. The SMILES string of the molecule is CS(=O)(=O)N[C@H](CC=C1CCCC1)C(=O)N1C[C@H](OC(=O)N2CCCCC2)C[C@H]1C(=O)C[C@@H](CCCCN)C(=O)c1nc2ccccc2o1. The van der Waals surface area contributed by atoms with Gasteiger partial charge >= 0.3 is 6.09 Å². The Kier molecular flexibility index (Phi) is 12.6. The van der Waals surface area contributed by atoms with Gasteiger partial charge in [-0.25, -0.2) is 22.9 Å². The zero-order valence-electron chi connectivity index (χ0n) is 28.3. The molecule has 3 aliphatic rings. The van der Waals surface area contributed by atoms with Crippen LogP contribution in [0.1, 0.15) is 94.2 Å². The van der Waals surface area contributed by atoms with Gasteiger partial charge in [0.1, 0.15) is 17.7 Å². The van der Waals surface area contributed by atoms with E-state index in [-0.39, 0.29) is 37.5 Å². The lowest BCUT2D eigenvalue weighted by Crippen LogP contribution is -2.51. The van der Waals surface area contributed by atoms with E-state index in [1.165, 1.54) is 10.5 Å². The number of ether oxygens (including phenoxy) is 1. The summed E-state index contributed by atoms with van der Waals surface area (Å²) < 4.78 is 38.9. The summed E-state index contributed by atoms with van der Waals surface area (Å²) in [6, 6.07) is 4.85. The second-order valence-corrected chi connectivity index (χ2v) is 15.3. The van der Waals surface area contributed by atoms with Gasteiger partial charge < -0.3 is 24.7 Å². The van der Waals surface area contributed by atoms with E-state index in [0.717, 1.165) is 51.2 Å². The molecule has 0 bridgehead atoms. The van der Waals surface area contributed by atoms with Crippen LogP contribution in [0.25, 0.3) is 11.1 Å². The molecule has 268 valence electrons. The number of nitrogens with one attached hydrogen (secondary N) is 1. The van der Waals surface area contributed by atoms with Crippen molar-refractivity contribution >= 4 is 44.7 Å². The topological polar surface area (TPSA) is 182 Å². The van der Waals surface area contributed by atoms with E-state index >= 15 is 0 Å². The number of aromatic nitrogens is 1. The van der Waals surface area contributed by atoms with Crippen LogP contribution in [0.5, 0.6) is 0 Å². The Bertz CT molecular complexity index is 1590. The molecule has 1 aromatic carbocycles. The maximum absolute atomic E-state index is 14.2. The van der Waals surface area contributed by atoms with Crippen LogP contribution in [0.3, 0.4) is 0 Å². The Morgan fingerprint density at radius 3 is 2.51 bits per heavy atom. The number of nitrogens with two attached hydrogens (primary N) is 1. The van der Waals surface area contributed by atoms with Gasteiger partial charge in [0, 0.05) is 31.8 Å². The number of oxazole rings is 1. The van der Waals surface area contributed by atoms with Crippen molar-refractivity contribution in [3.8, 4) is 0 Å². The number of hydrogen-bond acceptors (Lipinski definition) is 10. The van der Waals surface area contributed by atoms with Crippen molar-refractivity contribution in [3.63, 3.8) is 0 Å². The molecule has 3 fully saturated rings. The molecule has 1 aromatic heterocycles. The first-order chi connectivity index (χ1) is 23.5. The number of Topliss-reactive ketones (excluding diaryl/α,β-unsaturated/α-hetero) is 2. The van der Waals surface area contributed by atoms with E-state index in [9.17, 15) is 27.6 Å². The summed E-state index contributed by atoms with van der Waals surface area (Å²) in [4.78, 5) is 62.5. The maximum atomic E-state index is 14.2. The first kappa shape index (κ1) is 36.7. The van der Waals surface area contributed by atoms with Crippen molar-refractivity contribution in [2.24, 2.45) is 11.7 Å². The van der Waals surface area contributed by atoms with E-state index < -0.39 is 51.9 Å². The number of carbonyl (C=O) groups excluding carboxylic acids is 4. The predicted molar refractivity (Wildman–Crippen MR) is 183 cm³/mol. The third-order valence-electron chi connectivity index (χ3n) is 9.67. The van der Waals surface area contributed by atoms with E-state index in [1.807, 2.05) is 6.08 Å². The van der Waals surface area contributed by atoms with Gasteiger partial charge in [-0.1, -0.05) is 30.2 Å².